The van der Waals surface area contributed by atoms with Crippen LogP contribution in [0.25, 0.3) is 5.69 Å². The fourth-order valence-electron chi connectivity index (χ4n) is 1.81. The van der Waals surface area contributed by atoms with E-state index in [1.165, 1.54) is 16.8 Å². The van der Waals surface area contributed by atoms with Gasteiger partial charge < -0.3 is 0 Å². The first-order valence-electron chi connectivity index (χ1n) is 5.52. The molecule has 0 spiro atoms. The highest BCUT2D eigenvalue weighted by Crippen LogP contribution is 2.25. The van der Waals surface area contributed by atoms with E-state index in [1.807, 2.05) is 13.0 Å². The van der Waals surface area contributed by atoms with E-state index in [9.17, 15) is 4.39 Å². The molecule has 2 aromatic rings. The summed E-state index contributed by atoms with van der Waals surface area (Å²) in [5, 5.41) is 13.6. The second-order valence-electron chi connectivity index (χ2n) is 3.92. The second kappa shape index (κ2) is 4.79. The van der Waals surface area contributed by atoms with E-state index in [-0.39, 0.29) is 11.0 Å². The highest BCUT2D eigenvalue weighted by Gasteiger charge is 2.17. The summed E-state index contributed by atoms with van der Waals surface area (Å²) in [5.41, 5.74) is 2.42. The smallest absolute Gasteiger partial charge is 0.150 e. The number of nitrogens with zero attached hydrogens (tertiary/aromatic N) is 3. The summed E-state index contributed by atoms with van der Waals surface area (Å²) in [4.78, 5) is 0. The predicted molar refractivity (Wildman–Crippen MR) is 67.4 cm³/mol. The van der Waals surface area contributed by atoms with E-state index in [0.717, 1.165) is 0 Å². The number of hydrogen-bond donors (Lipinski definition) is 0. The van der Waals surface area contributed by atoms with Gasteiger partial charge in [-0.3, -0.25) is 0 Å². The van der Waals surface area contributed by atoms with Gasteiger partial charge in [0, 0.05) is 0 Å². The van der Waals surface area contributed by atoms with Crippen LogP contribution in [0.4, 0.5) is 4.39 Å². The largest absolute Gasteiger partial charge is 0.220 e. The van der Waals surface area contributed by atoms with Gasteiger partial charge in [-0.05, 0) is 37.1 Å². The molecule has 0 bridgehead atoms. The lowest BCUT2D eigenvalue weighted by atomic mass is 10.2. The molecule has 2 rings (SSSR count). The predicted octanol–water partition coefficient (Wildman–Crippen LogP) is 3.41. The summed E-state index contributed by atoms with van der Waals surface area (Å²) >= 11 is 6.14. The normalized spacial score (nSPS) is 10.4. The van der Waals surface area contributed by atoms with Gasteiger partial charge >= 0.3 is 0 Å². The van der Waals surface area contributed by atoms with E-state index in [4.69, 9.17) is 16.9 Å². The van der Waals surface area contributed by atoms with Crippen molar-refractivity contribution in [2.75, 3.05) is 0 Å². The molecule has 0 aliphatic heterocycles. The van der Waals surface area contributed by atoms with Crippen molar-refractivity contribution < 1.29 is 4.39 Å². The Bertz CT molecular complexity index is 640. The van der Waals surface area contributed by atoms with Crippen LogP contribution in [0.5, 0.6) is 0 Å². The molecule has 0 unspecified atom stereocenters. The average molecular weight is 264 g/mol. The highest BCUT2D eigenvalue weighted by molar-refractivity contribution is 6.31. The molecule has 1 aromatic carbocycles. The maximum absolute atomic E-state index is 13.1. The van der Waals surface area contributed by atoms with Gasteiger partial charge in [0.15, 0.2) is 5.15 Å². The van der Waals surface area contributed by atoms with Crippen molar-refractivity contribution in [3.63, 3.8) is 0 Å². The maximum Gasteiger partial charge on any atom is 0.150 e. The van der Waals surface area contributed by atoms with E-state index in [0.29, 0.717) is 28.9 Å². The SMILES string of the molecule is CCc1nn(-c2ccc(F)cc2C)c(Cl)c1C#N. The standard InChI is InChI=1S/C13H11ClFN3/c1-3-11-10(7-16)13(14)18(17-11)12-5-4-9(15)6-8(12)2/h4-6H,3H2,1-2H3. The molecule has 0 N–H and O–H groups in total. The van der Waals surface area contributed by atoms with Crippen molar-refractivity contribution in [2.45, 2.75) is 20.3 Å². The number of nitriles is 1. The van der Waals surface area contributed by atoms with E-state index in [2.05, 4.69) is 5.10 Å². The Kier molecular flexibility index (Phi) is 3.35. The van der Waals surface area contributed by atoms with Crippen LogP contribution in [0, 0.1) is 24.1 Å². The van der Waals surface area contributed by atoms with Gasteiger partial charge in [-0.1, -0.05) is 18.5 Å². The third-order valence-electron chi connectivity index (χ3n) is 2.74. The van der Waals surface area contributed by atoms with Crippen molar-refractivity contribution in [3.8, 4) is 11.8 Å². The lowest BCUT2D eigenvalue weighted by Gasteiger charge is -2.06. The summed E-state index contributed by atoms with van der Waals surface area (Å²) in [6, 6.07) is 6.40. The molecule has 0 saturated carbocycles. The fraction of sp³-hybridized carbons (Fsp3) is 0.231. The molecule has 92 valence electrons. The van der Waals surface area contributed by atoms with Crippen LogP contribution < -0.4 is 0 Å². The minimum absolute atomic E-state index is 0.268. The first kappa shape index (κ1) is 12.6. The van der Waals surface area contributed by atoms with E-state index >= 15 is 0 Å². The Labute approximate surface area is 109 Å². The van der Waals surface area contributed by atoms with Gasteiger partial charge in [-0.15, -0.1) is 0 Å². The highest BCUT2D eigenvalue weighted by atomic mass is 35.5. The number of halogens is 2. The zero-order valence-corrected chi connectivity index (χ0v) is 10.8. The van der Waals surface area contributed by atoms with Gasteiger partial charge in [0.2, 0.25) is 0 Å². The third-order valence-corrected chi connectivity index (χ3v) is 3.08. The quantitative estimate of drug-likeness (QED) is 0.833. The minimum Gasteiger partial charge on any atom is -0.220 e. The Morgan fingerprint density at radius 2 is 2.22 bits per heavy atom. The van der Waals surface area contributed by atoms with Crippen LogP contribution in [-0.4, -0.2) is 9.78 Å². The molecule has 0 radical (unpaired) electrons. The van der Waals surface area contributed by atoms with Crippen LogP contribution in [0.2, 0.25) is 5.15 Å². The molecule has 0 amide bonds. The molecule has 1 aromatic heterocycles. The van der Waals surface area contributed by atoms with Gasteiger partial charge in [-0.25, -0.2) is 9.07 Å². The van der Waals surface area contributed by atoms with Crippen molar-refractivity contribution >= 4 is 11.6 Å². The van der Waals surface area contributed by atoms with Gasteiger partial charge in [0.1, 0.15) is 17.4 Å². The number of rotatable bonds is 2. The Balaban J connectivity index is 2.65. The van der Waals surface area contributed by atoms with Crippen LogP contribution in [0.1, 0.15) is 23.7 Å². The molecule has 0 aliphatic rings. The van der Waals surface area contributed by atoms with Gasteiger partial charge in [-0.2, -0.15) is 10.4 Å². The van der Waals surface area contributed by atoms with Crippen molar-refractivity contribution in [1.82, 2.24) is 9.78 Å². The van der Waals surface area contributed by atoms with Crippen LogP contribution in [0.15, 0.2) is 18.2 Å². The Morgan fingerprint density at radius 1 is 1.50 bits per heavy atom. The summed E-state index contributed by atoms with van der Waals surface area (Å²) < 4.78 is 14.5. The van der Waals surface area contributed by atoms with Gasteiger partial charge in [0.25, 0.3) is 0 Å². The molecule has 1 heterocycles. The molecule has 18 heavy (non-hydrogen) atoms. The fourth-order valence-corrected chi connectivity index (χ4v) is 2.09. The molecule has 0 aliphatic carbocycles. The Hall–Kier alpha value is -1.86. The summed E-state index contributed by atoms with van der Waals surface area (Å²) in [5.74, 6) is -0.309. The summed E-state index contributed by atoms with van der Waals surface area (Å²) in [7, 11) is 0. The first-order valence-corrected chi connectivity index (χ1v) is 5.90. The van der Waals surface area contributed by atoms with Gasteiger partial charge in [0.05, 0.1) is 11.4 Å². The summed E-state index contributed by atoms with van der Waals surface area (Å²) in [6.07, 6.45) is 0.621. The molecule has 0 fully saturated rings. The summed E-state index contributed by atoms with van der Waals surface area (Å²) in [6.45, 7) is 3.68. The van der Waals surface area contributed by atoms with Crippen LogP contribution >= 0.6 is 11.6 Å². The van der Waals surface area contributed by atoms with Crippen molar-refractivity contribution in [1.29, 1.82) is 5.26 Å². The average Bonchev–Trinajstić information content (AvgIpc) is 2.66. The Morgan fingerprint density at radius 3 is 2.72 bits per heavy atom. The van der Waals surface area contributed by atoms with Crippen molar-refractivity contribution in [2.24, 2.45) is 0 Å². The topological polar surface area (TPSA) is 41.6 Å². The molecule has 3 nitrogen and oxygen atoms in total. The van der Waals surface area contributed by atoms with Crippen molar-refractivity contribution in [3.05, 3.63) is 46.0 Å². The number of hydrogen-bond acceptors (Lipinski definition) is 2. The van der Waals surface area contributed by atoms with E-state index in [1.54, 1.807) is 13.0 Å². The zero-order chi connectivity index (χ0) is 13.3. The maximum atomic E-state index is 13.1. The van der Waals surface area contributed by atoms with Crippen LogP contribution in [-0.2, 0) is 6.42 Å². The minimum atomic E-state index is -0.309. The number of aromatic nitrogens is 2. The lowest BCUT2D eigenvalue weighted by molar-refractivity contribution is 0.625. The molecular weight excluding hydrogens is 253 g/mol. The van der Waals surface area contributed by atoms with E-state index < -0.39 is 0 Å². The molecule has 0 atom stereocenters. The molecular formula is C13H11ClFN3. The first-order chi connectivity index (χ1) is 8.58. The third kappa shape index (κ3) is 1.98. The number of benzene rings is 1. The second-order valence-corrected chi connectivity index (χ2v) is 4.28. The lowest BCUT2D eigenvalue weighted by Crippen LogP contribution is -2.00. The zero-order valence-electron chi connectivity index (χ0n) is 10.0. The number of aryl methyl sites for hydroxylation is 2. The van der Waals surface area contributed by atoms with Crippen LogP contribution in [0.3, 0.4) is 0 Å². The monoisotopic (exact) mass is 263 g/mol. The molecule has 0 saturated heterocycles. The molecule has 5 heteroatoms.